The van der Waals surface area contributed by atoms with E-state index in [-0.39, 0.29) is 10.8 Å². The first-order valence-electron chi connectivity index (χ1n) is 7.43. The van der Waals surface area contributed by atoms with Crippen molar-refractivity contribution in [1.82, 2.24) is 5.32 Å². The fourth-order valence-electron chi connectivity index (χ4n) is 3.59. The van der Waals surface area contributed by atoms with Crippen LogP contribution in [0.15, 0.2) is 0 Å². The smallest absolute Gasteiger partial charge is 0.153 e. The number of hydrogen-bond donors (Lipinski definition) is 1. The second kappa shape index (κ2) is 5.49. The number of hydrogen-bond acceptors (Lipinski definition) is 3. The summed E-state index contributed by atoms with van der Waals surface area (Å²) in [6.07, 6.45) is 7.16. The molecule has 2 aliphatic heterocycles. The highest BCUT2D eigenvalue weighted by molar-refractivity contribution is 7.92. The van der Waals surface area contributed by atoms with Gasteiger partial charge >= 0.3 is 0 Å². The topological polar surface area (TPSA) is 46.2 Å². The lowest BCUT2D eigenvalue weighted by molar-refractivity contribution is 0.243. The van der Waals surface area contributed by atoms with E-state index in [1.807, 2.05) is 0 Å². The van der Waals surface area contributed by atoms with Crippen LogP contribution in [0.5, 0.6) is 0 Å². The maximum absolute atomic E-state index is 12.0. The predicted molar refractivity (Wildman–Crippen MR) is 75.5 cm³/mol. The third kappa shape index (κ3) is 2.90. The van der Waals surface area contributed by atoms with Gasteiger partial charge in [-0.05, 0) is 51.0 Å². The van der Waals surface area contributed by atoms with Crippen molar-refractivity contribution >= 4 is 9.84 Å². The van der Waals surface area contributed by atoms with Crippen molar-refractivity contribution in [3.05, 3.63) is 0 Å². The summed E-state index contributed by atoms with van der Waals surface area (Å²) in [7, 11) is -2.80. The fraction of sp³-hybridized carbons (Fsp3) is 1.00. The maximum atomic E-state index is 12.0. The largest absolute Gasteiger partial charge is 0.311 e. The first-order chi connectivity index (χ1) is 8.46. The normalized spacial score (nSPS) is 36.1. The Labute approximate surface area is 112 Å². The van der Waals surface area contributed by atoms with Crippen LogP contribution < -0.4 is 5.32 Å². The molecule has 2 saturated heterocycles. The van der Waals surface area contributed by atoms with Gasteiger partial charge in [0.2, 0.25) is 0 Å². The molecule has 4 heteroatoms. The van der Waals surface area contributed by atoms with Crippen LogP contribution in [0.2, 0.25) is 0 Å². The average molecular weight is 273 g/mol. The SMILES string of the molecule is CC(C)C1(CCC2CCCCS2(=O)=O)CCCN1. The lowest BCUT2D eigenvalue weighted by Crippen LogP contribution is -2.45. The van der Waals surface area contributed by atoms with Gasteiger partial charge in [0.25, 0.3) is 0 Å². The summed E-state index contributed by atoms with van der Waals surface area (Å²) in [6, 6.07) is 0. The summed E-state index contributed by atoms with van der Waals surface area (Å²) >= 11 is 0. The second-order valence-electron chi connectivity index (χ2n) is 6.36. The third-order valence-electron chi connectivity index (χ3n) is 5.01. The minimum Gasteiger partial charge on any atom is -0.311 e. The molecule has 2 atom stereocenters. The van der Waals surface area contributed by atoms with Crippen LogP contribution in [-0.2, 0) is 9.84 Å². The van der Waals surface area contributed by atoms with E-state index in [4.69, 9.17) is 0 Å². The van der Waals surface area contributed by atoms with Crippen LogP contribution in [-0.4, -0.2) is 31.5 Å². The van der Waals surface area contributed by atoms with Gasteiger partial charge in [-0.3, -0.25) is 0 Å². The zero-order valence-corrected chi connectivity index (χ0v) is 12.6. The Balaban J connectivity index is 1.97. The molecule has 2 aliphatic rings. The van der Waals surface area contributed by atoms with Gasteiger partial charge in [0, 0.05) is 5.54 Å². The third-order valence-corrected chi connectivity index (χ3v) is 7.35. The number of rotatable bonds is 4. The number of nitrogens with one attached hydrogen (secondary N) is 1. The second-order valence-corrected chi connectivity index (χ2v) is 8.77. The van der Waals surface area contributed by atoms with Gasteiger partial charge in [-0.2, -0.15) is 0 Å². The van der Waals surface area contributed by atoms with Crippen molar-refractivity contribution in [2.24, 2.45) is 5.92 Å². The lowest BCUT2D eigenvalue weighted by Gasteiger charge is -2.36. The Morgan fingerprint density at radius 1 is 1.28 bits per heavy atom. The highest BCUT2D eigenvalue weighted by Crippen LogP contribution is 2.34. The first kappa shape index (κ1) is 14.3. The Bertz CT molecular complexity index is 369. The Hall–Kier alpha value is -0.0900. The summed E-state index contributed by atoms with van der Waals surface area (Å²) in [6.45, 7) is 5.61. The Morgan fingerprint density at radius 3 is 2.61 bits per heavy atom. The van der Waals surface area contributed by atoms with Crippen molar-refractivity contribution in [1.29, 1.82) is 0 Å². The molecule has 0 amide bonds. The Morgan fingerprint density at radius 2 is 2.06 bits per heavy atom. The highest BCUT2D eigenvalue weighted by Gasteiger charge is 2.38. The molecule has 0 radical (unpaired) electrons. The van der Waals surface area contributed by atoms with E-state index < -0.39 is 9.84 Å². The molecule has 18 heavy (non-hydrogen) atoms. The van der Waals surface area contributed by atoms with Gasteiger partial charge in [-0.15, -0.1) is 0 Å². The van der Waals surface area contributed by atoms with E-state index in [1.165, 1.54) is 12.8 Å². The summed E-state index contributed by atoms with van der Waals surface area (Å²) < 4.78 is 24.1. The van der Waals surface area contributed by atoms with Gasteiger partial charge in [-0.25, -0.2) is 8.42 Å². The first-order valence-corrected chi connectivity index (χ1v) is 9.14. The molecule has 0 bridgehead atoms. The maximum Gasteiger partial charge on any atom is 0.153 e. The van der Waals surface area contributed by atoms with Crippen molar-refractivity contribution in [2.75, 3.05) is 12.3 Å². The van der Waals surface area contributed by atoms with Crippen molar-refractivity contribution < 1.29 is 8.42 Å². The van der Waals surface area contributed by atoms with Gasteiger partial charge in [-0.1, -0.05) is 20.3 Å². The van der Waals surface area contributed by atoms with E-state index in [9.17, 15) is 8.42 Å². The lowest BCUT2D eigenvalue weighted by atomic mass is 9.80. The van der Waals surface area contributed by atoms with Gasteiger partial charge in [0.15, 0.2) is 9.84 Å². The monoisotopic (exact) mass is 273 g/mol. The van der Waals surface area contributed by atoms with Gasteiger partial charge < -0.3 is 5.32 Å². The standard InChI is InChI=1S/C14H27NO2S/c1-12(2)14(8-5-10-15-14)9-7-13-6-3-4-11-18(13,16)17/h12-13,15H,3-11H2,1-2H3. The molecular weight excluding hydrogens is 246 g/mol. The zero-order valence-electron chi connectivity index (χ0n) is 11.7. The highest BCUT2D eigenvalue weighted by atomic mass is 32.2. The summed E-state index contributed by atoms with van der Waals surface area (Å²) in [5.41, 5.74) is 0.201. The minimum atomic E-state index is -2.80. The molecule has 2 fully saturated rings. The van der Waals surface area contributed by atoms with Crippen molar-refractivity contribution in [3.8, 4) is 0 Å². The van der Waals surface area contributed by atoms with Crippen LogP contribution >= 0.6 is 0 Å². The molecule has 0 saturated carbocycles. The molecule has 3 nitrogen and oxygen atoms in total. The van der Waals surface area contributed by atoms with E-state index in [0.717, 1.165) is 38.6 Å². The van der Waals surface area contributed by atoms with Crippen LogP contribution in [0.3, 0.4) is 0 Å². The average Bonchev–Trinajstić information content (AvgIpc) is 2.77. The molecule has 2 unspecified atom stereocenters. The van der Waals surface area contributed by atoms with E-state index in [1.54, 1.807) is 0 Å². The van der Waals surface area contributed by atoms with Crippen LogP contribution in [0.1, 0.15) is 58.8 Å². The van der Waals surface area contributed by atoms with Crippen LogP contribution in [0, 0.1) is 5.92 Å². The molecule has 0 aromatic heterocycles. The van der Waals surface area contributed by atoms with Crippen molar-refractivity contribution in [2.45, 2.75) is 69.6 Å². The van der Waals surface area contributed by atoms with E-state index in [0.29, 0.717) is 11.7 Å². The van der Waals surface area contributed by atoms with Gasteiger partial charge in [0.05, 0.1) is 11.0 Å². The fourth-order valence-corrected chi connectivity index (χ4v) is 5.53. The molecule has 0 aliphatic carbocycles. The number of sulfone groups is 1. The molecule has 2 rings (SSSR count). The van der Waals surface area contributed by atoms with E-state index >= 15 is 0 Å². The molecular formula is C14H27NO2S. The summed E-state index contributed by atoms with van der Waals surface area (Å²) in [5.74, 6) is 1.01. The predicted octanol–water partition coefficient (Wildman–Crippen LogP) is 2.51. The van der Waals surface area contributed by atoms with Crippen LogP contribution in [0.25, 0.3) is 0 Å². The molecule has 0 aromatic carbocycles. The zero-order chi connectivity index (χ0) is 13.2. The molecule has 2 heterocycles. The Kier molecular flexibility index (Phi) is 4.37. The van der Waals surface area contributed by atoms with Crippen molar-refractivity contribution in [3.63, 3.8) is 0 Å². The van der Waals surface area contributed by atoms with E-state index in [2.05, 4.69) is 19.2 Å². The quantitative estimate of drug-likeness (QED) is 0.856. The molecule has 0 spiro atoms. The van der Waals surface area contributed by atoms with Gasteiger partial charge in [0.1, 0.15) is 0 Å². The molecule has 0 aromatic rings. The molecule has 1 N–H and O–H groups in total. The van der Waals surface area contributed by atoms with Crippen LogP contribution in [0.4, 0.5) is 0 Å². The summed E-state index contributed by atoms with van der Waals surface area (Å²) in [4.78, 5) is 0. The summed E-state index contributed by atoms with van der Waals surface area (Å²) in [5, 5.41) is 3.58. The minimum absolute atomic E-state index is 0.0655. The molecule has 106 valence electrons.